The van der Waals surface area contributed by atoms with Crippen molar-refractivity contribution in [3.63, 3.8) is 0 Å². The summed E-state index contributed by atoms with van der Waals surface area (Å²) in [5, 5.41) is 0. The van der Waals surface area contributed by atoms with Crippen LogP contribution in [0, 0.1) is 0 Å². The zero-order valence-electron chi connectivity index (χ0n) is 2.14. The monoisotopic (exact) mass is 239 g/mol. The van der Waals surface area contributed by atoms with Gasteiger partial charge in [-0.1, -0.05) is 0 Å². The molecule has 0 unspecified atom stereocenters. The minimum atomic E-state index is 0. The maximum atomic E-state index is 4.50. The fourth-order valence-corrected chi connectivity index (χ4v) is 0. The molecule has 1 rings (SSSR count). The Bertz CT molecular complexity index is 10.8. The van der Waals surface area contributed by atoms with E-state index in [2.05, 4.69) is 4.74 Å². The first-order chi connectivity index (χ1) is 1.50. The molecule has 0 bridgehead atoms. The first-order valence-electron chi connectivity index (χ1n) is 1.08. The summed E-state index contributed by atoms with van der Waals surface area (Å²) < 4.78 is 4.50. The molecule has 0 amide bonds. The van der Waals surface area contributed by atoms with E-state index in [0.717, 1.165) is 13.2 Å². The van der Waals surface area contributed by atoms with Crippen LogP contribution in [0.1, 0.15) is 0 Å². The minimum absolute atomic E-state index is 0. The standard InChI is InChI=1S/C2H4O.Pt/c1-2-3-1;/h1-2H2;. The second kappa shape index (κ2) is 1.92. The van der Waals surface area contributed by atoms with Crippen LogP contribution in [-0.4, -0.2) is 13.2 Å². The first kappa shape index (κ1) is 4.65. The van der Waals surface area contributed by atoms with Crippen LogP contribution in [-0.2, 0) is 25.8 Å². The van der Waals surface area contributed by atoms with Crippen LogP contribution in [0.3, 0.4) is 0 Å². The molecular formula is C2H4OPt. The number of ether oxygens (including phenoxy) is 1. The third-order valence-corrected chi connectivity index (χ3v) is 0.204. The van der Waals surface area contributed by atoms with Crippen LogP contribution in [0.4, 0.5) is 0 Å². The third kappa shape index (κ3) is 2.65. The zero-order valence-corrected chi connectivity index (χ0v) is 4.41. The summed E-state index contributed by atoms with van der Waals surface area (Å²) in [4.78, 5) is 0. The molecule has 0 atom stereocenters. The van der Waals surface area contributed by atoms with E-state index in [1.165, 1.54) is 0 Å². The predicted octanol–water partition coefficient (Wildman–Crippen LogP) is 0.0141. The van der Waals surface area contributed by atoms with Crippen molar-refractivity contribution in [2.24, 2.45) is 0 Å². The second-order valence-electron chi connectivity index (χ2n) is 0.612. The van der Waals surface area contributed by atoms with Gasteiger partial charge in [0, 0.05) is 21.1 Å². The molecule has 1 aliphatic rings. The molecule has 0 aromatic rings. The fourth-order valence-electron chi connectivity index (χ4n) is 0. The molecule has 1 aliphatic heterocycles. The van der Waals surface area contributed by atoms with Crippen molar-refractivity contribution in [3.8, 4) is 0 Å². The molecule has 0 saturated carbocycles. The topological polar surface area (TPSA) is 12.5 Å². The van der Waals surface area contributed by atoms with Crippen molar-refractivity contribution in [2.75, 3.05) is 13.2 Å². The molecule has 1 nitrogen and oxygen atoms in total. The zero-order chi connectivity index (χ0) is 2.12. The van der Waals surface area contributed by atoms with Crippen molar-refractivity contribution in [1.82, 2.24) is 0 Å². The number of rotatable bonds is 0. The van der Waals surface area contributed by atoms with E-state index in [1.807, 2.05) is 0 Å². The molecule has 0 aromatic heterocycles. The fraction of sp³-hybridized carbons (Fsp3) is 1.00. The predicted molar refractivity (Wildman–Crippen MR) is 10.8 cm³/mol. The van der Waals surface area contributed by atoms with Gasteiger partial charge in [0.15, 0.2) is 0 Å². The third-order valence-electron chi connectivity index (χ3n) is 0.204. The molecule has 28 valence electrons. The number of hydrogen-bond donors (Lipinski definition) is 0. The minimum Gasteiger partial charge on any atom is -0.377 e. The van der Waals surface area contributed by atoms with Crippen LogP contribution in [0.15, 0.2) is 0 Å². The summed E-state index contributed by atoms with van der Waals surface area (Å²) >= 11 is 0. The Hall–Kier alpha value is 0.648. The van der Waals surface area contributed by atoms with Gasteiger partial charge in [-0.05, 0) is 0 Å². The SMILES string of the molecule is C1CO1.[Pt]. The summed E-state index contributed by atoms with van der Waals surface area (Å²) in [7, 11) is 0. The Morgan fingerprint density at radius 2 is 1.50 bits per heavy atom. The average molecular weight is 239 g/mol. The van der Waals surface area contributed by atoms with E-state index in [1.54, 1.807) is 0 Å². The average Bonchev–Trinajstić information content (AvgIpc) is 1.46. The Morgan fingerprint density at radius 3 is 1.50 bits per heavy atom. The van der Waals surface area contributed by atoms with Crippen LogP contribution in [0.2, 0.25) is 0 Å². The molecule has 1 fully saturated rings. The molecule has 4 heavy (non-hydrogen) atoms. The Labute approximate surface area is 39.6 Å². The Balaban J connectivity index is 0.0000000900. The van der Waals surface area contributed by atoms with Crippen LogP contribution >= 0.6 is 0 Å². The van der Waals surface area contributed by atoms with Gasteiger partial charge in [0.1, 0.15) is 0 Å². The maximum Gasteiger partial charge on any atom is 0.0701 e. The molecule has 1 saturated heterocycles. The van der Waals surface area contributed by atoms with E-state index >= 15 is 0 Å². The van der Waals surface area contributed by atoms with Gasteiger partial charge in [-0.2, -0.15) is 0 Å². The van der Waals surface area contributed by atoms with Gasteiger partial charge in [0.25, 0.3) is 0 Å². The summed E-state index contributed by atoms with van der Waals surface area (Å²) in [6.07, 6.45) is 0. The van der Waals surface area contributed by atoms with Gasteiger partial charge >= 0.3 is 0 Å². The van der Waals surface area contributed by atoms with Gasteiger partial charge < -0.3 is 4.74 Å². The number of hydrogen-bond acceptors (Lipinski definition) is 1. The summed E-state index contributed by atoms with van der Waals surface area (Å²) in [5.74, 6) is 0. The molecular weight excluding hydrogens is 235 g/mol. The largest absolute Gasteiger partial charge is 0.377 e. The Kier molecular flexibility index (Phi) is 2.23. The normalized spacial score (nSPS) is 18.0. The molecule has 0 aromatic carbocycles. The van der Waals surface area contributed by atoms with Crippen molar-refractivity contribution in [2.45, 2.75) is 0 Å². The molecule has 0 radical (unpaired) electrons. The van der Waals surface area contributed by atoms with E-state index in [9.17, 15) is 0 Å². The molecule has 2 heteroatoms. The van der Waals surface area contributed by atoms with Crippen molar-refractivity contribution in [1.29, 1.82) is 0 Å². The van der Waals surface area contributed by atoms with Crippen LogP contribution < -0.4 is 0 Å². The van der Waals surface area contributed by atoms with Crippen LogP contribution in [0.25, 0.3) is 0 Å². The van der Waals surface area contributed by atoms with Crippen molar-refractivity contribution in [3.05, 3.63) is 0 Å². The van der Waals surface area contributed by atoms with Crippen molar-refractivity contribution < 1.29 is 25.8 Å². The summed E-state index contributed by atoms with van der Waals surface area (Å²) in [6, 6.07) is 0. The van der Waals surface area contributed by atoms with E-state index in [0.29, 0.717) is 0 Å². The summed E-state index contributed by atoms with van der Waals surface area (Å²) in [6.45, 7) is 2.00. The van der Waals surface area contributed by atoms with E-state index in [-0.39, 0.29) is 21.1 Å². The van der Waals surface area contributed by atoms with E-state index in [4.69, 9.17) is 0 Å². The van der Waals surface area contributed by atoms with Gasteiger partial charge in [0.05, 0.1) is 13.2 Å². The molecule has 0 spiro atoms. The smallest absolute Gasteiger partial charge is 0.0701 e. The summed E-state index contributed by atoms with van der Waals surface area (Å²) in [5.41, 5.74) is 0. The molecule has 0 aliphatic carbocycles. The first-order valence-corrected chi connectivity index (χ1v) is 1.08. The quantitative estimate of drug-likeness (QED) is 0.543. The number of epoxide rings is 1. The molecule has 1 heterocycles. The van der Waals surface area contributed by atoms with Gasteiger partial charge in [0.2, 0.25) is 0 Å². The maximum absolute atomic E-state index is 4.50. The van der Waals surface area contributed by atoms with Crippen molar-refractivity contribution >= 4 is 0 Å². The second-order valence-corrected chi connectivity index (χ2v) is 0.612. The van der Waals surface area contributed by atoms with Gasteiger partial charge in [-0.25, -0.2) is 0 Å². The van der Waals surface area contributed by atoms with E-state index < -0.39 is 0 Å². The Morgan fingerprint density at radius 1 is 1.25 bits per heavy atom. The van der Waals surface area contributed by atoms with Crippen LogP contribution in [0.5, 0.6) is 0 Å². The molecule has 0 N–H and O–H groups in total. The van der Waals surface area contributed by atoms with Gasteiger partial charge in [-0.15, -0.1) is 0 Å². The van der Waals surface area contributed by atoms with Gasteiger partial charge in [-0.3, -0.25) is 0 Å².